The van der Waals surface area contributed by atoms with Gasteiger partial charge in [-0.05, 0) is 35.7 Å². The van der Waals surface area contributed by atoms with Crippen molar-refractivity contribution in [1.29, 1.82) is 0 Å². The van der Waals surface area contributed by atoms with Gasteiger partial charge in [0.2, 0.25) is 0 Å². The van der Waals surface area contributed by atoms with E-state index in [1.807, 2.05) is 24.3 Å². The molecule has 31 heavy (non-hydrogen) atoms. The smallest absolute Gasteiger partial charge is 0.191 e. The molecule has 0 saturated heterocycles. The van der Waals surface area contributed by atoms with E-state index in [0.29, 0.717) is 36.1 Å². The summed E-state index contributed by atoms with van der Waals surface area (Å²) < 4.78 is 39.1. The van der Waals surface area contributed by atoms with Crippen LogP contribution in [-0.4, -0.2) is 37.5 Å². The zero-order valence-corrected chi connectivity index (χ0v) is 17.8. The Kier molecular flexibility index (Phi) is 5.24. The van der Waals surface area contributed by atoms with E-state index >= 15 is 0 Å². The molecule has 10 heteroatoms. The number of hydrogen-bond donors (Lipinski definition) is 2. The summed E-state index contributed by atoms with van der Waals surface area (Å²) in [5.41, 5.74) is 5.70. The Hall–Kier alpha value is -3.11. The van der Waals surface area contributed by atoms with Gasteiger partial charge < -0.3 is 28.5 Å². The first kappa shape index (κ1) is 19.8. The Morgan fingerprint density at radius 3 is 2.81 bits per heavy atom. The molecule has 0 spiro atoms. The monoisotopic (exact) mass is 444 g/mol. The molecule has 5 rings (SSSR count). The molecule has 0 atom stereocenters. The summed E-state index contributed by atoms with van der Waals surface area (Å²) in [6.45, 7) is 1.30. The molecule has 8 nitrogen and oxygen atoms in total. The van der Waals surface area contributed by atoms with Crippen LogP contribution in [0.1, 0.15) is 11.1 Å². The van der Waals surface area contributed by atoms with Crippen molar-refractivity contribution in [1.82, 2.24) is 15.6 Å². The maximum absolute atomic E-state index is 13.4. The lowest BCUT2D eigenvalue weighted by atomic mass is 10.0. The molecule has 1 aromatic heterocycles. The van der Waals surface area contributed by atoms with Gasteiger partial charge in [-0.25, -0.2) is 9.82 Å². The van der Waals surface area contributed by atoms with Crippen molar-refractivity contribution >= 4 is 28.7 Å². The lowest BCUT2D eigenvalue weighted by molar-refractivity contribution is 0.297. The number of benzene rings is 2. The maximum Gasteiger partial charge on any atom is 0.191 e. The topological polar surface area (TPSA) is 81.0 Å². The summed E-state index contributed by atoms with van der Waals surface area (Å²) in [6, 6.07) is 7.54. The van der Waals surface area contributed by atoms with Gasteiger partial charge >= 0.3 is 0 Å². The Morgan fingerprint density at radius 1 is 1.29 bits per heavy atom. The van der Waals surface area contributed by atoms with Crippen LogP contribution in [0.15, 0.2) is 45.7 Å². The van der Waals surface area contributed by atoms with Gasteiger partial charge in [0.1, 0.15) is 33.4 Å². The van der Waals surface area contributed by atoms with Gasteiger partial charge in [-0.2, -0.15) is 0 Å². The van der Waals surface area contributed by atoms with Crippen molar-refractivity contribution in [3.63, 3.8) is 0 Å². The quantitative estimate of drug-likeness (QED) is 0.525. The van der Waals surface area contributed by atoms with E-state index in [0.717, 1.165) is 33.6 Å². The third-order valence-corrected chi connectivity index (χ3v) is 6.13. The second-order valence-electron chi connectivity index (χ2n) is 7.08. The first-order valence-corrected chi connectivity index (χ1v) is 10.6. The third-order valence-electron chi connectivity index (χ3n) is 5.23. The molecule has 0 unspecified atom stereocenters. The predicted octanol–water partition coefficient (Wildman–Crippen LogP) is 4.03. The maximum atomic E-state index is 13.4. The van der Waals surface area contributed by atoms with Crippen LogP contribution < -0.4 is 24.4 Å². The van der Waals surface area contributed by atoms with Crippen LogP contribution in [0.25, 0.3) is 11.0 Å². The zero-order valence-electron chi connectivity index (χ0n) is 17.0. The Morgan fingerprint density at radius 2 is 2.10 bits per heavy atom. The van der Waals surface area contributed by atoms with Crippen molar-refractivity contribution in [3.05, 3.63) is 47.4 Å². The van der Waals surface area contributed by atoms with Gasteiger partial charge in [-0.1, -0.05) is 11.2 Å². The van der Waals surface area contributed by atoms with Gasteiger partial charge in [-0.15, -0.1) is 0 Å². The second kappa shape index (κ2) is 8.20. The average Bonchev–Trinajstić information content (AvgIpc) is 3.51. The molecule has 0 aliphatic carbocycles. The summed E-state index contributed by atoms with van der Waals surface area (Å²) in [5.74, 6) is 2.50. The molecule has 0 fully saturated rings. The number of nitrogens with zero attached hydrogens (tertiary/aromatic N) is 2. The average molecular weight is 444 g/mol. The standard InChI is InChI=1S/C21H21FN4O4S/c1-27-15-4-3-5-16(28-2)20(15)31-25-21-18-17(30-24-21)8-12(14-6-7-29-19(14)18)10-26-11-13(22)9-23-26/h3-5,8,11,23H,6-7,9-10H2,1-2H3,(H,24,25). The van der Waals surface area contributed by atoms with Crippen LogP contribution in [0.3, 0.4) is 0 Å². The molecule has 0 saturated carbocycles. The predicted molar refractivity (Wildman–Crippen MR) is 115 cm³/mol. The molecule has 2 aromatic carbocycles. The summed E-state index contributed by atoms with van der Waals surface area (Å²) in [5, 5.41) is 6.73. The Bertz CT molecular complexity index is 1140. The highest BCUT2D eigenvalue weighted by Crippen LogP contribution is 2.44. The fourth-order valence-electron chi connectivity index (χ4n) is 3.80. The van der Waals surface area contributed by atoms with E-state index in [1.165, 1.54) is 18.1 Å². The van der Waals surface area contributed by atoms with Crippen molar-refractivity contribution in [2.24, 2.45) is 0 Å². The van der Waals surface area contributed by atoms with E-state index in [2.05, 4.69) is 15.3 Å². The molecule has 2 aliphatic rings. The molecule has 2 aliphatic heterocycles. The number of methoxy groups -OCH3 is 2. The van der Waals surface area contributed by atoms with Crippen LogP contribution in [0.4, 0.5) is 10.2 Å². The lowest BCUT2D eigenvalue weighted by Gasteiger charge is -2.17. The van der Waals surface area contributed by atoms with E-state index in [1.54, 1.807) is 19.2 Å². The summed E-state index contributed by atoms with van der Waals surface area (Å²) >= 11 is 1.33. The Balaban J connectivity index is 1.46. The second-order valence-corrected chi connectivity index (χ2v) is 7.90. The molecule has 3 aromatic rings. The fourth-order valence-corrected chi connectivity index (χ4v) is 4.64. The van der Waals surface area contributed by atoms with Crippen LogP contribution in [0, 0.1) is 0 Å². The van der Waals surface area contributed by atoms with Crippen molar-refractivity contribution in [2.45, 2.75) is 17.9 Å². The first-order valence-electron chi connectivity index (χ1n) is 9.75. The van der Waals surface area contributed by atoms with Crippen LogP contribution in [0.2, 0.25) is 0 Å². The highest BCUT2D eigenvalue weighted by atomic mass is 32.2. The van der Waals surface area contributed by atoms with E-state index in [-0.39, 0.29) is 12.4 Å². The molecule has 162 valence electrons. The van der Waals surface area contributed by atoms with E-state index < -0.39 is 0 Å². The summed E-state index contributed by atoms with van der Waals surface area (Å²) in [7, 11) is 3.23. The molecule has 0 amide bonds. The fraction of sp³-hybridized carbons (Fsp3) is 0.286. The molecular weight excluding hydrogens is 423 g/mol. The van der Waals surface area contributed by atoms with Gasteiger partial charge in [0.05, 0.1) is 33.9 Å². The number of rotatable bonds is 7. The number of anilines is 1. The molecular formula is C21H21FN4O4S. The van der Waals surface area contributed by atoms with E-state index in [4.69, 9.17) is 18.7 Å². The van der Waals surface area contributed by atoms with Crippen molar-refractivity contribution in [2.75, 3.05) is 32.1 Å². The number of aromatic nitrogens is 1. The minimum Gasteiger partial charge on any atom is -0.495 e. The summed E-state index contributed by atoms with van der Waals surface area (Å²) in [4.78, 5) is 0.798. The minimum absolute atomic E-state index is 0.191. The van der Waals surface area contributed by atoms with Crippen LogP contribution in [-0.2, 0) is 13.0 Å². The number of hydrazine groups is 1. The van der Waals surface area contributed by atoms with Crippen LogP contribution in [0.5, 0.6) is 17.2 Å². The SMILES string of the molecule is COc1cccc(OC)c1SNc1noc2cc(CN3C=C(F)CN3)c3c(c12)OCC3. The van der Waals surface area contributed by atoms with Gasteiger partial charge in [0, 0.05) is 18.2 Å². The highest BCUT2D eigenvalue weighted by Gasteiger charge is 2.27. The number of ether oxygens (including phenoxy) is 3. The number of halogens is 1. The number of fused-ring (bicyclic) bond motifs is 3. The minimum atomic E-state index is -0.191. The normalized spacial score (nSPS) is 15.1. The van der Waals surface area contributed by atoms with Crippen LogP contribution >= 0.6 is 11.9 Å². The largest absolute Gasteiger partial charge is 0.495 e. The highest BCUT2D eigenvalue weighted by molar-refractivity contribution is 8.00. The summed E-state index contributed by atoms with van der Waals surface area (Å²) in [6.07, 6.45) is 2.25. The van der Waals surface area contributed by atoms with Crippen molar-refractivity contribution < 1.29 is 23.1 Å². The molecule has 0 bridgehead atoms. The van der Waals surface area contributed by atoms with Gasteiger partial charge in [0.25, 0.3) is 0 Å². The van der Waals surface area contributed by atoms with Gasteiger partial charge in [-0.3, -0.25) is 0 Å². The number of nitrogens with one attached hydrogen (secondary N) is 2. The molecule has 3 heterocycles. The molecule has 2 N–H and O–H groups in total. The zero-order chi connectivity index (χ0) is 21.4. The molecule has 0 radical (unpaired) electrons. The third kappa shape index (κ3) is 3.61. The lowest BCUT2D eigenvalue weighted by Crippen LogP contribution is -2.28. The van der Waals surface area contributed by atoms with E-state index in [9.17, 15) is 4.39 Å². The van der Waals surface area contributed by atoms with Crippen molar-refractivity contribution in [3.8, 4) is 17.2 Å². The Labute approximate surface area is 182 Å². The van der Waals surface area contributed by atoms with Gasteiger partial charge in [0.15, 0.2) is 11.4 Å². The first-order chi connectivity index (χ1) is 15.2. The number of hydrogen-bond acceptors (Lipinski definition) is 9.